The molecule has 8 heteroatoms. The summed E-state index contributed by atoms with van der Waals surface area (Å²) in [6, 6.07) is 15.5. The molecule has 30 heavy (non-hydrogen) atoms. The van der Waals surface area contributed by atoms with Crippen molar-refractivity contribution in [3.63, 3.8) is 0 Å². The molecule has 4 aromatic rings. The van der Waals surface area contributed by atoms with Crippen molar-refractivity contribution in [2.75, 3.05) is 17.2 Å². The van der Waals surface area contributed by atoms with Gasteiger partial charge in [0.15, 0.2) is 5.82 Å². The van der Waals surface area contributed by atoms with E-state index in [2.05, 4.69) is 27.8 Å². The quantitative estimate of drug-likeness (QED) is 0.476. The molecule has 0 bridgehead atoms. The zero-order valence-electron chi connectivity index (χ0n) is 16.3. The van der Waals surface area contributed by atoms with Gasteiger partial charge < -0.3 is 16.4 Å². The summed E-state index contributed by atoms with van der Waals surface area (Å²) in [5.41, 5.74) is 9.46. The van der Waals surface area contributed by atoms with E-state index in [0.717, 1.165) is 42.1 Å². The molecule has 1 aliphatic heterocycles. The van der Waals surface area contributed by atoms with Crippen LogP contribution in [-0.2, 0) is 13.0 Å². The van der Waals surface area contributed by atoms with Gasteiger partial charge in [0.05, 0.1) is 5.52 Å². The molecule has 0 fully saturated rings. The summed E-state index contributed by atoms with van der Waals surface area (Å²) < 4.78 is 1.67. The number of imidazole rings is 1. The van der Waals surface area contributed by atoms with E-state index in [1.54, 1.807) is 22.9 Å². The molecule has 3 aromatic heterocycles. The molecule has 0 atom stereocenters. The van der Waals surface area contributed by atoms with Gasteiger partial charge in [-0.25, -0.2) is 15.0 Å². The molecule has 1 aliphatic rings. The molecule has 150 valence electrons. The second-order valence-corrected chi connectivity index (χ2v) is 7.22. The average Bonchev–Trinajstić information content (AvgIpc) is 3.22. The van der Waals surface area contributed by atoms with E-state index in [-0.39, 0.29) is 0 Å². The Morgan fingerprint density at radius 2 is 2.00 bits per heavy atom. The highest BCUT2D eigenvalue weighted by molar-refractivity contribution is 5.93. The van der Waals surface area contributed by atoms with Crippen molar-refractivity contribution in [3.8, 4) is 11.5 Å². The van der Waals surface area contributed by atoms with Crippen LogP contribution in [0.2, 0.25) is 0 Å². The number of hydrogen-bond acceptors (Lipinski definition) is 6. The minimum atomic E-state index is -0.511. The molecule has 5 rings (SSSR count). The van der Waals surface area contributed by atoms with Gasteiger partial charge in [0.25, 0.3) is 5.91 Å². The first-order valence-corrected chi connectivity index (χ1v) is 9.89. The normalized spacial score (nSPS) is 12.9. The van der Waals surface area contributed by atoms with Gasteiger partial charge in [-0.2, -0.15) is 0 Å². The van der Waals surface area contributed by atoms with Crippen molar-refractivity contribution in [2.45, 2.75) is 19.4 Å². The van der Waals surface area contributed by atoms with E-state index >= 15 is 0 Å². The summed E-state index contributed by atoms with van der Waals surface area (Å²) in [5, 5.41) is 6.85. The molecular weight excluding hydrogens is 378 g/mol. The first kappa shape index (κ1) is 18.1. The summed E-state index contributed by atoms with van der Waals surface area (Å²) in [7, 11) is 0. The first-order valence-electron chi connectivity index (χ1n) is 9.89. The topological polar surface area (TPSA) is 110 Å². The van der Waals surface area contributed by atoms with E-state index in [0.29, 0.717) is 23.8 Å². The number of nitrogens with two attached hydrogens (primary N) is 1. The van der Waals surface area contributed by atoms with Crippen LogP contribution in [0.5, 0.6) is 0 Å². The van der Waals surface area contributed by atoms with Crippen LogP contribution in [-0.4, -0.2) is 31.8 Å². The Balaban J connectivity index is 1.58. The summed E-state index contributed by atoms with van der Waals surface area (Å²) in [5.74, 6) is 1.62. The molecular formula is C22H21N7O. The van der Waals surface area contributed by atoms with E-state index in [1.165, 1.54) is 5.56 Å². The summed E-state index contributed by atoms with van der Waals surface area (Å²) in [4.78, 5) is 25.8. The highest BCUT2D eigenvalue weighted by Gasteiger charge is 2.21. The summed E-state index contributed by atoms with van der Waals surface area (Å²) in [6.07, 6.45) is 3.53. The first-order chi connectivity index (χ1) is 14.7. The monoisotopic (exact) mass is 399 g/mol. The predicted octanol–water partition coefficient (Wildman–Crippen LogP) is 2.86. The molecule has 0 saturated heterocycles. The standard InChI is InChI=1S/C22H21N7O/c23-19(30)17-10-4-9-16-18(26-13-29(16)17)22-27-20-15(8-5-11-24-20)21(28-22)25-12-14-6-2-1-3-7-14/h1-4,6-7,9-10,13H,5,8,11-12H2,(H2,23,30)(H2,24,25,27,28). The number of pyridine rings is 1. The van der Waals surface area contributed by atoms with Crippen molar-refractivity contribution >= 4 is 23.1 Å². The van der Waals surface area contributed by atoms with Gasteiger partial charge >= 0.3 is 0 Å². The number of nitrogens with zero attached hydrogens (tertiary/aromatic N) is 4. The van der Waals surface area contributed by atoms with E-state index in [9.17, 15) is 4.79 Å². The van der Waals surface area contributed by atoms with Crippen molar-refractivity contribution in [2.24, 2.45) is 5.73 Å². The number of hydrogen-bond donors (Lipinski definition) is 3. The molecule has 4 heterocycles. The minimum Gasteiger partial charge on any atom is -0.370 e. The van der Waals surface area contributed by atoms with Crippen molar-refractivity contribution in [3.05, 3.63) is 71.7 Å². The van der Waals surface area contributed by atoms with Crippen LogP contribution in [0, 0.1) is 0 Å². The van der Waals surface area contributed by atoms with Gasteiger partial charge in [0, 0.05) is 18.7 Å². The predicted molar refractivity (Wildman–Crippen MR) is 115 cm³/mol. The van der Waals surface area contributed by atoms with Gasteiger partial charge in [0.1, 0.15) is 29.4 Å². The fraction of sp³-hybridized carbons (Fsp3) is 0.182. The number of primary amides is 1. The van der Waals surface area contributed by atoms with Gasteiger partial charge in [-0.1, -0.05) is 36.4 Å². The highest BCUT2D eigenvalue weighted by atomic mass is 16.1. The third-order valence-electron chi connectivity index (χ3n) is 5.24. The molecule has 8 nitrogen and oxygen atoms in total. The molecule has 0 aliphatic carbocycles. The van der Waals surface area contributed by atoms with Crippen LogP contribution in [0.1, 0.15) is 28.0 Å². The molecule has 4 N–H and O–H groups in total. The number of benzene rings is 1. The third-order valence-corrected chi connectivity index (χ3v) is 5.24. The lowest BCUT2D eigenvalue weighted by atomic mass is 10.1. The second kappa shape index (κ2) is 7.47. The minimum absolute atomic E-state index is 0.366. The average molecular weight is 399 g/mol. The highest BCUT2D eigenvalue weighted by Crippen LogP contribution is 2.31. The van der Waals surface area contributed by atoms with Crippen molar-refractivity contribution in [1.82, 2.24) is 19.4 Å². The fourth-order valence-electron chi connectivity index (χ4n) is 3.77. The zero-order chi connectivity index (χ0) is 20.5. The molecule has 0 unspecified atom stereocenters. The summed E-state index contributed by atoms with van der Waals surface area (Å²) >= 11 is 0. The Hall–Kier alpha value is -3.94. The van der Waals surface area contributed by atoms with Crippen molar-refractivity contribution < 1.29 is 4.79 Å². The lowest BCUT2D eigenvalue weighted by molar-refractivity contribution is 0.0994. The Labute approximate surface area is 173 Å². The number of anilines is 2. The largest absolute Gasteiger partial charge is 0.370 e. The van der Waals surface area contributed by atoms with Crippen LogP contribution >= 0.6 is 0 Å². The maximum Gasteiger partial charge on any atom is 0.265 e. The Morgan fingerprint density at radius 3 is 2.83 bits per heavy atom. The lowest BCUT2D eigenvalue weighted by Gasteiger charge is -2.21. The number of rotatable bonds is 5. The number of carbonyl (C=O) groups is 1. The Kier molecular flexibility index (Phi) is 4.51. The number of aromatic nitrogens is 4. The van der Waals surface area contributed by atoms with Crippen LogP contribution in [0.4, 0.5) is 11.6 Å². The van der Waals surface area contributed by atoms with Crippen LogP contribution < -0.4 is 16.4 Å². The SMILES string of the molecule is NC(=O)c1cccc2c(-c3nc4c(c(NCc5ccccc5)n3)CCCN4)ncn12. The van der Waals surface area contributed by atoms with Crippen LogP contribution in [0.25, 0.3) is 17.0 Å². The molecule has 0 spiro atoms. The Morgan fingerprint density at radius 1 is 1.13 bits per heavy atom. The van der Waals surface area contributed by atoms with Crippen molar-refractivity contribution in [1.29, 1.82) is 0 Å². The van der Waals surface area contributed by atoms with Crippen LogP contribution in [0.15, 0.2) is 54.9 Å². The number of fused-ring (bicyclic) bond motifs is 2. The van der Waals surface area contributed by atoms with E-state index < -0.39 is 5.91 Å². The third kappa shape index (κ3) is 3.22. The fourth-order valence-corrected chi connectivity index (χ4v) is 3.77. The van der Waals surface area contributed by atoms with E-state index in [4.69, 9.17) is 15.7 Å². The number of carbonyl (C=O) groups excluding carboxylic acids is 1. The van der Waals surface area contributed by atoms with Gasteiger partial charge in [-0.15, -0.1) is 0 Å². The molecule has 1 aromatic carbocycles. The number of amides is 1. The van der Waals surface area contributed by atoms with E-state index in [1.807, 2.05) is 24.3 Å². The second-order valence-electron chi connectivity index (χ2n) is 7.22. The maximum atomic E-state index is 11.7. The lowest BCUT2D eigenvalue weighted by Crippen LogP contribution is -2.17. The van der Waals surface area contributed by atoms with Gasteiger partial charge in [-0.3, -0.25) is 9.20 Å². The van der Waals surface area contributed by atoms with Gasteiger partial charge in [-0.05, 0) is 30.5 Å². The zero-order valence-corrected chi connectivity index (χ0v) is 16.3. The maximum absolute atomic E-state index is 11.7. The molecule has 0 saturated carbocycles. The van der Waals surface area contributed by atoms with Crippen LogP contribution in [0.3, 0.4) is 0 Å². The van der Waals surface area contributed by atoms with Gasteiger partial charge in [0.2, 0.25) is 0 Å². The molecule has 1 amide bonds. The summed E-state index contributed by atoms with van der Waals surface area (Å²) in [6.45, 7) is 1.54. The smallest absolute Gasteiger partial charge is 0.265 e. The molecule has 0 radical (unpaired) electrons. The Bertz CT molecular complexity index is 1230. The number of nitrogens with one attached hydrogen (secondary N) is 2.